The Labute approximate surface area is 140 Å². The van der Waals surface area contributed by atoms with E-state index in [1.165, 1.54) is 5.56 Å². The monoisotopic (exact) mass is 334 g/mol. The third-order valence-electron chi connectivity index (χ3n) is 3.26. The van der Waals surface area contributed by atoms with Gasteiger partial charge in [-0.3, -0.25) is 4.98 Å². The van der Waals surface area contributed by atoms with Gasteiger partial charge in [-0.05, 0) is 36.3 Å². The molecule has 1 unspecified atom stereocenters. The number of thioether (sulfide) groups is 2. The molecule has 0 aliphatic heterocycles. The lowest BCUT2D eigenvalue weighted by molar-refractivity contribution is 0.588. The van der Waals surface area contributed by atoms with Gasteiger partial charge in [-0.15, -0.1) is 11.8 Å². The minimum Gasteiger partial charge on any atom is -0.384 e. The maximum atomic E-state index is 5.84. The first-order valence-electron chi connectivity index (χ1n) is 7.11. The normalized spacial score (nSPS) is 13.1. The van der Waals surface area contributed by atoms with Gasteiger partial charge in [0.25, 0.3) is 0 Å². The van der Waals surface area contributed by atoms with E-state index >= 15 is 0 Å². The SMILES string of the molecule is CSc1cc(N)nc(SC(C)c2cc(C(C)(C)C)ccn2)n1. The number of nitrogens with zero attached hydrogens (tertiary/aromatic N) is 3. The number of nitrogens with two attached hydrogens (primary N) is 1. The highest BCUT2D eigenvalue weighted by Gasteiger charge is 2.17. The summed E-state index contributed by atoms with van der Waals surface area (Å²) in [5.41, 5.74) is 8.27. The predicted molar refractivity (Wildman–Crippen MR) is 95.4 cm³/mol. The second kappa shape index (κ2) is 6.87. The van der Waals surface area contributed by atoms with E-state index in [2.05, 4.69) is 54.8 Å². The van der Waals surface area contributed by atoms with Crippen LogP contribution in [0.4, 0.5) is 5.82 Å². The highest BCUT2D eigenvalue weighted by molar-refractivity contribution is 7.99. The van der Waals surface area contributed by atoms with E-state index in [9.17, 15) is 0 Å². The van der Waals surface area contributed by atoms with Crippen LogP contribution in [0.25, 0.3) is 0 Å². The van der Waals surface area contributed by atoms with Crippen LogP contribution < -0.4 is 5.73 Å². The van der Waals surface area contributed by atoms with Crippen molar-refractivity contribution in [3.05, 3.63) is 35.7 Å². The molecule has 0 radical (unpaired) electrons. The van der Waals surface area contributed by atoms with Gasteiger partial charge in [0.05, 0.1) is 10.9 Å². The molecule has 2 aromatic rings. The summed E-state index contributed by atoms with van der Waals surface area (Å²) in [5, 5.41) is 1.75. The van der Waals surface area contributed by atoms with E-state index in [4.69, 9.17) is 5.73 Å². The van der Waals surface area contributed by atoms with Gasteiger partial charge >= 0.3 is 0 Å². The number of hydrogen-bond acceptors (Lipinski definition) is 6. The van der Waals surface area contributed by atoms with Crippen molar-refractivity contribution < 1.29 is 0 Å². The first-order chi connectivity index (χ1) is 10.3. The van der Waals surface area contributed by atoms with Crippen LogP contribution in [0.3, 0.4) is 0 Å². The summed E-state index contributed by atoms with van der Waals surface area (Å²) >= 11 is 3.15. The van der Waals surface area contributed by atoms with Crippen molar-refractivity contribution in [1.29, 1.82) is 0 Å². The first-order valence-corrected chi connectivity index (χ1v) is 9.21. The largest absolute Gasteiger partial charge is 0.384 e. The summed E-state index contributed by atoms with van der Waals surface area (Å²) in [6.45, 7) is 8.73. The topological polar surface area (TPSA) is 64.7 Å². The van der Waals surface area contributed by atoms with Crippen LogP contribution in [0.15, 0.2) is 34.6 Å². The lowest BCUT2D eigenvalue weighted by Crippen LogP contribution is -2.12. The molecule has 4 nitrogen and oxygen atoms in total. The Hall–Kier alpha value is -1.27. The molecule has 0 bridgehead atoms. The lowest BCUT2D eigenvalue weighted by Gasteiger charge is -2.20. The van der Waals surface area contributed by atoms with E-state index in [1.807, 2.05) is 12.5 Å². The molecular weight excluding hydrogens is 312 g/mol. The third kappa shape index (κ3) is 4.36. The van der Waals surface area contributed by atoms with Gasteiger partial charge in [0.1, 0.15) is 10.8 Å². The molecule has 1 atom stereocenters. The molecule has 22 heavy (non-hydrogen) atoms. The molecule has 0 spiro atoms. The van der Waals surface area contributed by atoms with Crippen LogP contribution in [-0.4, -0.2) is 21.2 Å². The maximum Gasteiger partial charge on any atom is 0.191 e. The fourth-order valence-corrected chi connectivity index (χ4v) is 3.28. The molecule has 0 amide bonds. The predicted octanol–water partition coefficient (Wildman–Crippen LogP) is 4.33. The van der Waals surface area contributed by atoms with Crippen LogP contribution in [0.1, 0.15) is 44.2 Å². The zero-order valence-electron chi connectivity index (χ0n) is 13.6. The molecule has 0 fully saturated rings. The van der Waals surface area contributed by atoms with Crippen molar-refractivity contribution in [2.24, 2.45) is 0 Å². The number of hydrogen-bond donors (Lipinski definition) is 1. The quantitative estimate of drug-likeness (QED) is 0.510. The minimum atomic E-state index is 0.113. The summed E-state index contributed by atoms with van der Waals surface area (Å²) in [4.78, 5) is 13.3. The van der Waals surface area contributed by atoms with Crippen molar-refractivity contribution >= 4 is 29.3 Å². The molecule has 0 aromatic carbocycles. The third-order valence-corrected chi connectivity index (χ3v) is 4.87. The van der Waals surface area contributed by atoms with Crippen molar-refractivity contribution in [3.63, 3.8) is 0 Å². The first kappa shape index (κ1) is 17.1. The summed E-state index contributed by atoms with van der Waals surface area (Å²) in [7, 11) is 0. The fraction of sp³-hybridized carbons (Fsp3) is 0.438. The standard InChI is InChI=1S/C16H22N4S2/c1-10(12-8-11(6-7-18-12)16(2,3)4)22-15-19-13(17)9-14(20-15)21-5/h6-10H,1-5H3,(H2,17,19,20). The minimum absolute atomic E-state index is 0.113. The van der Waals surface area contributed by atoms with Gasteiger partial charge in [-0.25, -0.2) is 9.97 Å². The Morgan fingerprint density at radius 2 is 1.91 bits per heavy atom. The number of aromatic nitrogens is 3. The van der Waals surface area contributed by atoms with Crippen LogP contribution in [0.5, 0.6) is 0 Å². The zero-order valence-corrected chi connectivity index (χ0v) is 15.3. The maximum absolute atomic E-state index is 5.84. The molecule has 2 aromatic heterocycles. The van der Waals surface area contributed by atoms with Crippen LogP contribution >= 0.6 is 23.5 Å². The van der Waals surface area contributed by atoms with E-state index < -0.39 is 0 Å². The Bertz CT molecular complexity index is 653. The average Bonchev–Trinajstić information content (AvgIpc) is 2.45. The molecule has 0 saturated carbocycles. The summed E-state index contributed by atoms with van der Waals surface area (Å²) in [5.74, 6) is 0.505. The number of nitrogen functional groups attached to an aromatic ring is 1. The van der Waals surface area contributed by atoms with E-state index in [-0.39, 0.29) is 10.7 Å². The molecule has 0 aliphatic rings. The Morgan fingerprint density at radius 3 is 2.55 bits per heavy atom. The number of anilines is 1. The molecule has 2 N–H and O–H groups in total. The molecule has 0 saturated heterocycles. The number of pyridine rings is 1. The van der Waals surface area contributed by atoms with Gasteiger partial charge < -0.3 is 5.73 Å². The fourth-order valence-electron chi connectivity index (χ4n) is 1.93. The summed E-state index contributed by atoms with van der Waals surface area (Å²) in [6.07, 6.45) is 3.86. The molecule has 0 aliphatic carbocycles. The second-order valence-corrected chi connectivity index (χ2v) is 8.23. The lowest BCUT2D eigenvalue weighted by atomic mass is 9.87. The van der Waals surface area contributed by atoms with Gasteiger partial charge in [0, 0.05) is 12.3 Å². The highest BCUT2D eigenvalue weighted by atomic mass is 32.2. The van der Waals surface area contributed by atoms with Crippen LogP contribution in [0.2, 0.25) is 0 Å². The van der Waals surface area contributed by atoms with E-state index in [0.29, 0.717) is 11.0 Å². The summed E-state index contributed by atoms with van der Waals surface area (Å²) in [6, 6.07) is 6.03. The van der Waals surface area contributed by atoms with Gasteiger partial charge in [-0.1, -0.05) is 32.5 Å². The molecule has 2 heterocycles. The highest BCUT2D eigenvalue weighted by Crippen LogP contribution is 2.34. The molecule has 118 valence electrons. The smallest absolute Gasteiger partial charge is 0.191 e. The average molecular weight is 335 g/mol. The zero-order chi connectivity index (χ0) is 16.3. The van der Waals surface area contributed by atoms with Crippen molar-refractivity contribution in [2.45, 2.75) is 48.5 Å². The molecule has 6 heteroatoms. The second-order valence-electron chi connectivity index (χ2n) is 6.10. The number of rotatable bonds is 4. The Kier molecular flexibility index (Phi) is 5.34. The van der Waals surface area contributed by atoms with Crippen molar-refractivity contribution in [3.8, 4) is 0 Å². The van der Waals surface area contributed by atoms with E-state index in [1.54, 1.807) is 29.6 Å². The molecular formula is C16H22N4S2. The van der Waals surface area contributed by atoms with Gasteiger partial charge in [-0.2, -0.15) is 0 Å². The van der Waals surface area contributed by atoms with Crippen molar-refractivity contribution in [1.82, 2.24) is 15.0 Å². The Morgan fingerprint density at radius 1 is 1.18 bits per heavy atom. The van der Waals surface area contributed by atoms with E-state index in [0.717, 1.165) is 10.7 Å². The van der Waals surface area contributed by atoms with Crippen LogP contribution in [-0.2, 0) is 5.41 Å². The summed E-state index contributed by atoms with van der Waals surface area (Å²) < 4.78 is 0. The van der Waals surface area contributed by atoms with Gasteiger partial charge in [0.15, 0.2) is 5.16 Å². The molecule has 2 rings (SSSR count). The van der Waals surface area contributed by atoms with Crippen molar-refractivity contribution in [2.75, 3.05) is 12.0 Å². The van der Waals surface area contributed by atoms with Gasteiger partial charge in [0.2, 0.25) is 0 Å². The van der Waals surface area contributed by atoms with Crippen LogP contribution in [0, 0.1) is 0 Å². The Balaban J connectivity index is 2.22.